The summed E-state index contributed by atoms with van der Waals surface area (Å²) in [5.74, 6) is 1.37. The van der Waals surface area contributed by atoms with Gasteiger partial charge in [-0.2, -0.15) is 5.10 Å². The van der Waals surface area contributed by atoms with E-state index >= 15 is 0 Å². The van der Waals surface area contributed by atoms with Gasteiger partial charge in [-0.1, -0.05) is 36.2 Å². The van der Waals surface area contributed by atoms with Crippen molar-refractivity contribution < 1.29 is 5.11 Å². The number of anilines is 1. The summed E-state index contributed by atoms with van der Waals surface area (Å²) < 4.78 is 1.92. The first kappa shape index (κ1) is 23.8. The van der Waals surface area contributed by atoms with Crippen LogP contribution in [0.4, 0.5) is 5.82 Å². The number of nitrogens with zero attached hydrogens (tertiary/aromatic N) is 6. The highest BCUT2D eigenvalue weighted by molar-refractivity contribution is 6.35. The molecule has 0 radical (unpaired) electrons. The zero-order valence-electron chi connectivity index (χ0n) is 20.0. The molecule has 0 bridgehead atoms. The first-order valence-electron chi connectivity index (χ1n) is 12.2. The van der Waals surface area contributed by atoms with Gasteiger partial charge in [0.05, 0.1) is 24.5 Å². The number of hydrogen-bond donors (Lipinski definition) is 1. The maximum atomic E-state index is 9.78. The van der Waals surface area contributed by atoms with Gasteiger partial charge in [0.2, 0.25) is 0 Å². The van der Waals surface area contributed by atoms with Crippen molar-refractivity contribution in [2.75, 3.05) is 31.1 Å². The molecule has 2 aliphatic heterocycles. The van der Waals surface area contributed by atoms with Crippen LogP contribution in [0.1, 0.15) is 50.4 Å². The summed E-state index contributed by atoms with van der Waals surface area (Å²) in [6, 6.07) is 6.27. The minimum absolute atomic E-state index is 0.110. The smallest absolute Gasteiger partial charge is 0.179 e. The molecule has 4 atom stereocenters. The molecule has 0 saturated carbocycles. The molecule has 182 valence electrons. The number of aromatic nitrogens is 4. The number of aliphatic hydroxyl groups is 1. The second-order valence-corrected chi connectivity index (χ2v) is 10.6. The molecule has 0 aliphatic carbocycles. The Balaban J connectivity index is 1.41. The molecule has 34 heavy (non-hydrogen) atoms. The van der Waals surface area contributed by atoms with Gasteiger partial charge in [0.25, 0.3) is 0 Å². The molecule has 1 aromatic carbocycles. The second kappa shape index (κ2) is 9.61. The summed E-state index contributed by atoms with van der Waals surface area (Å²) in [5, 5.41) is 15.8. The lowest BCUT2D eigenvalue weighted by molar-refractivity contribution is 0.0800. The molecule has 5 rings (SSSR count). The lowest BCUT2D eigenvalue weighted by Crippen LogP contribution is -2.52. The minimum atomic E-state index is -0.110. The topological polar surface area (TPSA) is 70.3 Å². The third kappa shape index (κ3) is 4.28. The van der Waals surface area contributed by atoms with Gasteiger partial charge in [-0.05, 0) is 63.3 Å². The molecule has 2 aromatic heterocycles. The molecule has 3 unspecified atom stereocenters. The van der Waals surface area contributed by atoms with Gasteiger partial charge >= 0.3 is 0 Å². The summed E-state index contributed by atoms with van der Waals surface area (Å²) in [4.78, 5) is 14.7. The third-order valence-electron chi connectivity index (χ3n) is 7.58. The van der Waals surface area contributed by atoms with Crippen LogP contribution >= 0.6 is 23.2 Å². The summed E-state index contributed by atoms with van der Waals surface area (Å²) >= 11 is 12.6. The van der Waals surface area contributed by atoms with E-state index in [0.29, 0.717) is 28.0 Å². The normalized spacial score (nSPS) is 24.8. The van der Waals surface area contributed by atoms with Gasteiger partial charge in [0.15, 0.2) is 5.65 Å². The Bertz CT molecular complexity index is 1180. The molecule has 1 N–H and O–H groups in total. The number of rotatable bonds is 5. The van der Waals surface area contributed by atoms with Crippen molar-refractivity contribution in [1.82, 2.24) is 24.6 Å². The third-order valence-corrected chi connectivity index (χ3v) is 8.14. The monoisotopic (exact) mass is 502 g/mol. The van der Waals surface area contributed by atoms with Gasteiger partial charge in [0.1, 0.15) is 11.3 Å². The molecule has 2 saturated heterocycles. The maximum absolute atomic E-state index is 9.78. The number of aliphatic hydroxyl groups excluding tert-OH is 1. The van der Waals surface area contributed by atoms with Gasteiger partial charge in [-0.15, -0.1) is 0 Å². The molecular formula is C25H32Cl2N6O. The molecular weight excluding hydrogens is 471 g/mol. The predicted octanol–water partition coefficient (Wildman–Crippen LogP) is 4.72. The van der Waals surface area contributed by atoms with Crippen molar-refractivity contribution in [2.45, 2.75) is 58.2 Å². The average Bonchev–Trinajstić information content (AvgIpc) is 3.42. The van der Waals surface area contributed by atoms with E-state index in [1.54, 1.807) is 6.07 Å². The van der Waals surface area contributed by atoms with E-state index in [1.807, 2.05) is 29.9 Å². The van der Waals surface area contributed by atoms with Crippen LogP contribution in [0.5, 0.6) is 0 Å². The molecule has 3 aromatic rings. The number of piperidine rings is 1. The molecule has 2 aliphatic rings. The van der Waals surface area contributed by atoms with Gasteiger partial charge in [0, 0.05) is 35.2 Å². The van der Waals surface area contributed by atoms with Crippen molar-refractivity contribution in [2.24, 2.45) is 5.92 Å². The zero-order chi connectivity index (χ0) is 24.0. The van der Waals surface area contributed by atoms with Crippen LogP contribution in [0.3, 0.4) is 0 Å². The Kier molecular flexibility index (Phi) is 6.73. The molecule has 2 fully saturated rings. The Hall–Kier alpha value is -1.93. The van der Waals surface area contributed by atoms with E-state index in [1.165, 1.54) is 6.42 Å². The highest BCUT2D eigenvalue weighted by Gasteiger charge is 2.36. The SMILES string of the molecule is Cc1nn(C(C)c2ccc(Cl)cc2Cl)c2nc(N3CCC(N4CCCC4CO)[C@H](C)C3)cnc12. The number of likely N-dealkylation sites (tertiary alicyclic amines) is 1. The largest absolute Gasteiger partial charge is 0.395 e. The standard InChI is InChI=1S/C25H32Cl2N6O/c1-15-13-31(10-8-22(15)32-9-4-5-19(32)14-34)23-12-28-24-16(2)30-33(25(24)29-23)17(3)20-7-6-18(26)11-21(20)27/h6-7,11-12,15,17,19,22,34H,4-5,8-10,13-14H2,1-3H3/t15-,17?,19?,22?/m1/s1. The summed E-state index contributed by atoms with van der Waals surface area (Å²) in [6.45, 7) is 9.54. The molecule has 4 heterocycles. The summed E-state index contributed by atoms with van der Waals surface area (Å²) in [6.07, 6.45) is 5.22. The first-order valence-corrected chi connectivity index (χ1v) is 12.9. The highest BCUT2D eigenvalue weighted by Crippen LogP contribution is 2.33. The quantitative estimate of drug-likeness (QED) is 0.544. The average molecular weight is 503 g/mol. The van der Waals surface area contributed by atoms with Crippen LogP contribution in [0.2, 0.25) is 10.0 Å². The molecule has 0 spiro atoms. The first-order chi connectivity index (χ1) is 16.4. The van der Waals surface area contributed by atoms with Crippen molar-refractivity contribution in [3.63, 3.8) is 0 Å². The van der Waals surface area contributed by atoms with Crippen LogP contribution < -0.4 is 4.90 Å². The van der Waals surface area contributed by atoms with Crippen molar-refractivity contribution in [3.8, 4) is 0 Å². The maximum Gasteiger partial charge on any atom is 0.179 e. The Morgan fingerprint density at radius 3 is 2.76 bits per heavy atom. The van der Waals surface area contributed by atoms with Gasteiger partial charge in [-0.25, -0.2) is 14.6 Å². The summed E-state index contributed by atoms with van der Waals surface area (Å²) in [7, 11) is 0. The van der Waals surface area contributed by atoms with E-state index in [-0.39, 0.29) is 12.6 Å². The van der Waals surface area contributed by atoms with Crippen LogP contribution in [0.15, 0.2) is 24.4 Å². The van der Waals surface area contributed by atoms with E-state index < -0.39 is 0 Å². The van der Waals surface area contributed by atoms with E-state index in [0.717, 1.165) is 60.7 Å². The number of aryl methyl sites for hydroxylation is 1. The van der Waals surface area contributed by atoms with Crippen molar-refractivity contribution in [1.29, 1.82) is 0 Å². The van der Waals surface area contributed by atoms with E-state index in [9.17, 15) is 5.11 Å². The van der Waals surface area contributed by atoms with Crippen molar-refractivity contribution in [3.05, 3.63) is 45.7 Å². The van der Waals surface area contributed by atoms with Gasteiger partial charge in [-0.3, -0.25) is 4.90 Å². The minimum Gasteiger partial charge on any atom is -0.395 e. The number of fused-ring (bicyclic) bond motifs is 1. The van der Waals surface area contributed by atoms with Crippen LogP contribution in [0.25, 0.3) is 11.2 Å². The Morgan fingerprint density at radius 1 is 1.21 bits per heavy atom. The fourth-order valence-electron chi connectivity index (χ4n) is 5.76. The Labute approximate surface area is 210 Å². The number of benzene rings is 1. The molecule has 9 heteroatoms. The number of hydrogen-bond acceptors (Lipinski definition) is 6. The Morgan fingerprint density at radius 2 is 2.03 bits per heavy atom. The van der Waals surface area contributed by atoms with E-state index in [2.05, 4.69) is 23.6 Å². The highest BCUT2D eigenvalue weighted by atomic mass is 35.5. The zero-order valence-corrected chi connectivity index (χ0v) is 21.5. The fraction of sp³-hybridized carbons (Fsp3) is 0.560. The number of halogens is 2. The van der Waals surface area contributed by atoms with Crippen molar-refractivity contribution >= 4 is 40.2 Å². The van der Waals surface area contributed by atoms with Gasteiger partial charge < -0.3 is 10.0 Å². The second-order valence-electron chi connectivity index (χ2n) is 9.77. The van der Waals surface area contributed by atoms with E-state index in [4.69, 9.17) is 38.3 Å². The van der Waals surface area contributed by atoms with Crippen LogP contribution in [-0.2, 0) is 0 Å². The molecule has 0 amide bonds. The predicted molar refractivity (Wildman–Crippen MR) is 137 cm³/mol. The molecule has 7 nitrogen and oxygen atoms in total. The van der Waals surface area contributed by atoms with Crippen LogP contribution in [0, 0.1) is 12.8 Å². The van der Waals surface area contributed by atoms with Crippen LogP contribution in [-0.4, -0.2) is 68.1 Å². The lowest BCUT2D eigenvalue weighted by Gasteiger charge is -2.43. The summed E-state index contributed by atoms with van der Waals surface area (Å²) in [5.41, 5.74) is 3.37. The lowest BCUT2D eigenvalue weighted by atomic mass is 9.92. The fourth-order valence-corrected chi connectivity index (χ4v) is 6.33.